The minimum Gasteiger partial charge on any atom is -0.340 e. The van der Waals surface area contributed by atoms with E-state index in [9.17, 15) is 13.2 Å². The fraction of sp³-hybridized carbons (Fsp3) is 0.800. The molecule has 0 aromatic carbocycles. The Morgan fingerprint density at radius 2 is 1.94 bits per heavy atom. The number of hydrogen-bond acceptors (Lipinski definition) is 4. The SMILES string of the molecule is Cc1nc(CN2CCC(C(F)(F)F)CC2)no1.Cl. The monoisotopic (exact) mass is 285 g/mol. The van der Waals surface area contributed by atoms with Crippen molar-refractivity contribution in [2.75, 3.05) is 13.1 Å². The molecule has 1 aromatic rings. The second-order valence-corrected chi connectivity index (χ2v) is 4.32. The molecule has 2 heterocycles. The normalized spacial score (nSPS) is 18.7. The summed E-state index contributed by atoms with van der Waals surface area (Å²) in [7, 11) is 0. The Morgan fingerprint density at radius 3 is 2.39 bits per heavy atom. The zero-order valence-corrected chi connectivity index (χ0v) is 10.7. The lowest BCUT2D eigenvalue weighted by Gasteiger charge is -2.31. The quantitative estimate of drug-likeness (QED) is 0.837. The minimum absolute atomic E-state index is 0. The van der Waals surface area contributed by atoms with E-state index in [4.69, 9.17) is 4.52 Å². The molecule has 0 amide bonds. The molecule has 0 radical (unpaired) electrons. The molecule has 0 spiro atoms. The number of nitrogens with zero attached hydrogens (tertiary/aromatic N) is 3. The van der Waals surface area contributed by atoms with Gasteiger partial charge >= 0.3 is 6.18 Å². The van der Waals surface area contributed by atoms with E-state index < -0.39 is 12.1 Å². The maximum atomic E-state index is 12.4. The molecule has 4 nitrogen and oxygen atoms in total. The standard InChI is InChI=1S/C10H14F3N3O.ClH/c1-7-14-9(15-17-7)6-16-4-2-8(3-5-16)10(11,12)13;/h8H,2-6H2,1H3;1H. The van der Waals surface area contributed by atoms with E-state index in [2.05, 4.69) is 10.1 Å². The highest BCUT2D eigenvalue weighted by Gasteiger charge is 2.41. The number of halogens is 4. The average molecular weight is 286 g/mol. The maximum absolute atomic E-state index is 12.4. The number of aromatic nitrogens is 2. The van der Waals surface area contributed by atoms with Crippen molar-refractivity contribution in [3.05, 3.63) is 11.7 Å². The molecule has 0 saturated carbocycles. The summed E-state index contributed by atoms with van der Waals surface area (Å²) in [5.74, 6) is -0.149. The number of likely N-dealkylation sites (tertiary alicyclic amines) is 1. The molecule has 0 aliphatic carbocycles. The molecule has 1 fully saturated rings. The van der Waals surface area contributed by atoms with Crippen LogP contribution < -0.4 is 0 Å². The van der Waals surface area contributed by atoms with Crippen LogP contribution in [0.2, 0.25) is 0 Å². The Bertz CT molecular complexity index is 375. The van der Waals surface area contributed by atoms with Crippen LogP contribution in [0.5, 0.6) is 0 Å². The number of hydrogen-bond donors (Lipinski definition) is 0. The molecule has 0 bridgehead atoms. The lowest BCUT2D eigenvalue weighted by atomic mass is 9.96. The van der Waals surface area contributed by atoms with Gasteiger partial charge in [0.2, 0.25) is 5.89 Å². The lowest BCUT2D eigenvalue weighted by molar-refractivity contribution is -0.185. The molecule has 0 unspecified atom stereocenters. The smallest absolute Gasteiger partial charge is 0.340 e. The van der Waals surface area contributed by atoms with E-state index in [1.807, 2.05) is 4.90 Å². The van der Waals surface area contributed by atoms with Gasteiger partial charge in [-0.1, -0.05) is 5.16 Å². The summed E-state index contributed by atoms with van der Waals surface area (Å²) in [6, 6.07) is 0. The van der Waals surface area contributed by atoms with E-state index in [0.29, 0.717) is 31.3 Å². The van der Waals surface area contributed by atoms with Crippen molar-refractivity contribution in [2.45, 2.75) is 32.5 Å². The Hall–Kier alpha value is -0.820. The van der Waals surface area contributed by atoms with Gasteiger partial charge in [-0.3, -0.25) is 4.90 Å². The number of rotatable bonds is 2. The first-order valence-electron chi connectivity index (χ1n) is 5.53. The van der Waals surface area contributed by atoms with Crippen LogP contribution in [0.25, 0.3) is 0 Å². The van der Waals surface area contributed by atoms with Gasteiger partial charge in [0.1, 0.15) is 0 Å². The predicted octanol–water partition coefficient (Wildman–Crippen LogP) is 2.57. The second-order valence-electron chi connectivity index (χ2n) is 4.32. The first-order valence-corrected chi connectivity index (χ1v) is 5.53. The minimum atomic E-state index is -4.06. The number of piperidine rings is 1. The van der Waals surface area contributed by atoms with Gasteiger partial charge in [-0.25, -0.2) is 0 Å². The summed E-state index contributed by atoms with van der Waals surface area (Å²) in [4.78, 5) is 5.95. The second kappa shape index (κ2) is 5.88. The van der Waals surface area contributed by atoms with Crippen molar-refractivity contribution < 1.29 is 17.7 Å². The zero-order chi connectivity index (χ0) is 12.5. The molecule has 1 aliphatic heterocycles. The van der Waals surface area contributed by atoms with E-state index in [-0.39, 0.29) is 25.2 Å². The van der Waals surface area contributed by atoms with Crippen molar-refractivity contribution in [1.82, 2.24) is 15.0 Å². The molecular formula is C10H15ClF3N3O. The maximum Gasteiger partial charge on any atom is 0.391 e. The summed E-state index contributed by atoms with van der Waals surface area (Å²) in [6.45, 7) is 3.00. The molecule has 1 aromatic heterocycles. The van der Waals surface area contributed by atoms with Crippen molar-refractivity contribution in [2.24, 2.45) is 5.92 Å². The van der Waals surface area contributed by atoms with Gasteiger partial charge in [-0.2, -0.15) is 18.2 Å². The van der Waals surface area contributed by atoms with Crippen LogP contribution in [0.4, 0.5) is 13.2 Å². The van der Waals surface area contributed by atoms with Gasteiger partial charge in [0.05, 0.1) is 12.5 Å². The van der Waals surface area contributed by atoms with Crippen LogP contribution >= 0.6 is 12.4 Å². The largest absolute Gasteiger partial charge is 0.391 e. The van der Waals surface area contributed by atoms with Gasteiger partial charge in [0.25, 0.3) is 0 Å². The zero-order valence-electron chi connectivity index (χ0n) is 9.90. The third kappa shape index (κ3) is 3.84. The third-order valence-corrected chi connectivity index (χ3v) is 2.99. The summed E-state index contributed by atoms with van der Waals surface area (Å²) in [5.41, 5.74) is 0. The Kier molecular flexibility index (Phi) is 4.98. The van der Waals surface area contributed by atoms with Gasteiger partial charge in [-0.05, 0) is 25.9 Å². The van der Waals surface area contributed by atoms with E-state index >= 15 is 0 Å². The summed E-state index contributed by atoms with van der Waals surface area (Å²) in [6.07, 6.45) is -3.75. The average Bonchev–Trinajstić information content (AvgIpc) is 2.63. The number of aryl methyl sites for hydroxylation is 1. The number of alkyl halides is 3. The summed E-state index contributed by atoms with van der Waals surface area (Å²) < 4.78 is 42.1. The first-order chi connectivity index (χ1) is 7.95. The van der Waals surface area contributed by atoms with E-state index in [0.717, 1.165) is 0 Å². The molecule has 104 valence electrons. The molecule has 1 saturated heterocycles. The molecule has 0 atom stereocenters. The van der Waals surface area contributed by atoms with E-state index in [1.54, 1.807) is 6.92 Å². The summed E-state index contributed by atoms with van der Waals surface area (Å²) >= 11 is 0. The fourth-order valence-corrected chi connectivity index (χ4v) is 2.02. The lowest BCUT2D eigenvalue weighted by Crippen LogP contribution is -2.38. The Morgan fingerprint density at radius 1 is 1.33 bits per heavy atom. The molecular weight excluding hydrogens is 271 g/mol. The van der Waals surface area contributed by atoms with Crippen molar-refractivity contribution >= 4 is 12.4 Å². The van der Waals surface area contributed by atoms with Crippen molar-refractivity contribution in [3.63, 3.8) is 0 Å². The van der Waals surface area contributed by atoms with Crippen LogP contribution in [-0.2, 0) is 6.54 Å². The fourth-order valence-electron chi connectivity index (χ4n) is 2.02. The first kappa shape index (κ1) is 15.2. The van der Waals surface area contributed by atoms with Gasteiger partial charge in [-0.15, -0.1) is 12.4 Å². The molecule has 1 aliphatic rings. The Balaban J connectivity index is 0.00000162. The van der Waals surface area contributed by atoms with Crippen LogP contribution in [0, 0.1) is 12.8 Å². The van der Waals surface area contributed by atoms with Crippen LogP contribution in [0.3, 0.4) is 0 Å². The molecule has 0 N–H and O–H groups in total. The molecule has 18 heavy (non-hydrogen) atoms. The van der Waals surface area contributed by atoms with Gasteiger partial charge < -0.3 is 4.52 Å². The van der Waals surface area contributed by atoms with Crippen LogP contribution in [0.1, 0.15) is 24.6 Å². The van der Waals surface area contributed by atoms with Gasteiger partial charge in [0.15, 0.2) is 5.82 Å². The van der Waals surface area contributed by atoms with Gasteiger partial charge in [0, 0.05) is 6.92 Å². The Labute approximate surface area is 109 Å². The highest BCUT2D eigenvalue weighted by atomic mass is 35.5. The highest BCUT2D eigenvalue weighted by molar-refractivity contribution is 5.85. The van der Waals surface area contributed by atoms with Crippen LogP contribution in [-0.4, -0.2) is 34.3 Å². The van der Waals surface area contributed by atoms with Crippen LogP contribution in [0.15, 0.2) is 4.52 Å². The van der Waals surface area contributed by atoms with E-state index in [1.165, 1.54) is 0 Å². The highest BCUT2D eigenvalue weighted by Crippen LogP contribution is 2.34. The van der Waals surface area contributed by atoms with Crippen molar-refractivity contribution in [3.8, 4) is 0 Å². The summed E-state index contributed by atoms with van der Waals surface area (Å²) in [5, 5.41) is 3.73. The third-order valence-electron chi connectivity index (χ3n) is 2.99. The predicted molar refractivity (Wildman–Crippen MR) is 60.3 cm³/mol. The topological polar surface area (TPSA) is 42.2 Å². The molecule has 8 heteroatoms. The molecule has 2 rings (SSSR count). The van der Waals surface area contributed by atoms with Crippen molar-refractivity contribution in [1.29, 1.82) is 0 Å².